The molecule has 2 aromatic carbocycles. The number of anilines is 1. The van der Waals surface area contributed by atoms with E-state index in [2.05, 4.69) is 0 Å². The lowest BCUT2D eigenvalue weighted by molar-refractivity contribution is -0.109. The van der Waals surface area contributed by atoms with Gasteiger partial charge >= 0.3 is 0 Å². The SMILES string of the molecule is CC(=O)SOc1cc(-c2ccccc2)ccc1N. The summed E-state index contributed by atoms with van der Waals surface area (Å²) in [5, 5.41) is -0.112. The molecule has 3 nitrogen and oxygen atoms in total. The van der Waals surface area contributed by atoms with Gasteiger partial charge in [0.15, 0.2) is 5.75 Å². The van der Waals surface area contributed by atoms with Crippen LogP contribution in [0, 0.1) is 0 Å². The predicted molar refractivity (Wildman–Crippen MR) is 75.2 cm³/mol. The van der Waals surface area contributed by atoms with Crippen LogP contribution in [0.4, 0.5) is 5.69 Å². The number of carbonyl (C=O) groups is 1. The van der Waals surface area contributed by atoms with Crippen molar-refractivity contribution in [2.24, 2.45) is 0 Å². The van der Waals surface area contributed by atoms with Crippen molar-refractivity contribution in [3.05, 3.63) is 48.5 Å². The lowest BCUT2D eigenvalue weighted by atomic mass is 10.1. The van der Waals surface area contributed by atoms with Crippen LogP contribution in [0.25, 0.3) is 11.1 Å². The maximum Gasteiger partial charge on any atom is 0.224 e. The van der Waals surface area contributed by atoms with Crippen LogP contribution in [0.2, 0.25) is 0 Å². The minimum atomic E-state index is -0.112. The van der Waals surface area contributed by atoms with Gasteiger partial charge < -0.3 is 9.92 Å². The highest BCUT2D eigenvalue weighted by atomic mass is 32.2. The average molecular weight is 259 g/mol. The van der Waals surface area contributed by atoms with E-state index in [0.717, 1.165) is 23.2 Å². The van der Waals surface area contributed by atoms with Gasteiger partial charge in [-0.3, -0.25) is 4.79 Å². The Labute approximate surface area is 110 Å². The van der Waals surface area contributed by atoms with E-state index < -0.39 is 0 Å². The molecule has 0 aromatic heterocycles. The zero-order chi connectivity index (χ0) is 13.0. The third kappa shape index (κ3) is 3.05. The van der Waals surface area contributed by atoms with Crippen LogP contribution in [-0.4, -0.2) is 5.12 Å². The first kappa shape index (κ1) is 12.5. The van der Waals surface area contributed by atoms with Crippen molar-refractivity contribution in [2.45, 2.75) is 6.92 Å². The standard InChI is InChI=1S/C14H13NO2S/c1-10(16)18-17-14-9-12(7-8-13(14)15)11-5-3-2-4-6-11/h2-9H,15H2,1H3. The summed E-state index contributed by atoms with van der Waals surface area (Å²) in [5.41, 5.74) is 8.40. The van der Waals surface area contributed by atoms with Gasteiger partial charge in [-0.2, -0.15) is 0 Å². The molecule has 0 saturated heterocycles. The molecule has 0 unspecified atom stereocenters. The summed E-state index contributed by atoms with van der Waals surface area (Å²) in [4.78, 5) is 10.9. The van der Waals surface area contributed by atoms with Crippen LogP contribution in [-0.2, 0) is 4.79 Å². The molecule has 0 heterocycles. The fourth-order valence-corrected chi connectivity index (χ4v) is 1.87. The molecule has 2 rings (SSSR count). The minimum absolute atomic E-state index is 0.112. The highest BCUT2D eigenvalue weighted by Crippen LogP contribution is 2.31. The van der Waals surface area contributed by atoms with Crippen molar-refractivity contribution in [2.75, 3.05) is 5.73 Å². The van der Waals surface area contributed by atoms with E-state index in [4.69, 9.17) is 9.92 Å². The number of benzene rings is 2. The first-order valence-corrected chi connectivity index (χ1v) is 6.21. The Morgan fingerprint density at radius 3 is 2.50 bits per heavy atom. The topological polar surface area (TPSA) is 52.3 Å². The lowest BCUT2D eigenvalue weighted by Crippen LogP contribution is -1.94. The molecule has 92 valence electrons. The molecule has 2 N–H and O–H groups in total. The second kappa shape index (κ2) is 5.60. The first-order valence-electron chi connectivity index (χ1n) is 5.47. The largest absolute Gasteiger partial charge is 0.415 e. The summed E-state index contributed by atoms with van der Waals surface area (Å²) in [6, 6.07) is 15.5. The molecule has 0 atom stereocenters. The second-order valence-electron chi connectivity index (χ2n) is 3.78. The van der Waals surface area contributed by atoms with E-state index in [1.807, 2.05) is 42.5 Å². The molecular weight excluding hydrogens is 246 g/mol. The van der Waals surface area contributed by atoms with E-state index in [0.29, 0.717) is 11.4 Å². The Kier molecular flexibility index (Phi) is 3.89. The highest BCUT2D eigenvalue weighted by molar-refractivity contribution is 8.09. The first-order chi connectivity index (χ1) is 8.66. The van der Waals surface area contributed by atoms with Gasteiger partial charge in [0.1, 0.15) is 12.0 Å². The quantitative estimate of drug-likeness (QED) is 0.677. The normalized spacial score (nSPS) is 10.1. The molecule has 2 aromatic rings. The van der Waals surface area contributed by atoms with Gasteiger partial charge in [-0.1, -0.05) is 36.4 Å². The van der Waals surface area contributed by atoms with Crippen LogP contribution in [0.5, 0.6) is 5.75 Å². The molecular formula is C14H13NO2S. The van der Waals surface area contributed by atoms with Crippen molar-refractivity contribution in [3.63, 3.8) is 0 Å². The average Bonchev–Trinajstić information content (AvgIpc) is 2.38. The van der Waals surface area contributed by atoms with Crippen molar-refractivity contribution in [1.29, 1.82) is 0 Å². The minimum Gasteiger partial charge on any atom is -0.415 e. The maximum absolute atomic E-state index is 10.9. The van der Waals surface area contributed by atoms with Crippen molar-refractivity contribution in [3.8, 4) is 16.9 Å². The zero-order valence-electron chi connectivity index (χ0n) is 9.92. The third-order valence-electron chi connectivity index (χ3n) is 2.37. The molecule has 0 bridgehead atoms. The van der Waals surface area contributed by atoms with Gasteiger partial charge in [-0.05, 0) is 23.3 Å². The summed E-state index contributed by atoms with van der Waals surface area (Å²) in [5.74, 6) is 0.511. The monoisotopic (exact) mass is 259 g/mol. The molecule has 0 spiro atoms. The van der Waals surface area contributed by atoms with E-state index in [1.165, 1.54) is 6.92 Å². The Morgan fingerprint density at radius 1 is 1.11 bits per heavy atom. The van der Waals surface area contributed by atoms with Gasteiger partial charge in [-0.25, -0.2) is 0 Å². The van der Waals surface area contributed by atoms with Crippen LogP contribution in [0.15, 0.2) is 48.5 Å². The van der Waals surface area contributed by atoms with Crippen LogP contribution in [0.3, 0.4) is 0 Å². The Bertz CT molecular complexity index is 555. The smallest absolute Gasteiger partial charge is 0.224 e. The lowest BCUT2D eigenvalue weighted by Gasteiger charge is -2.08. The third-order valence-corrected chi connectivity index (χ3v) is 2.87. The molecule has 0 aliphatic carbocycles. The Morgan fingerprint density at radius 2 is 1.83 bits per heavy atom. The predicted octanol–water partition coefficient (Wildman–Crippen LogP) is 3.51. The Balaban J connectivity index is 2.29. The summed E-state index contributed by atoms with van der Waals surface area (Å²) < 4.78 is 5.30. The van der Waals surface area contributed by atoms with E-state index >= 15 is 0 Å². The van der Waals surface area contributed by atoms with Crippen LogP contribution < -0.4 is 9.92 Å². The van der Waals surface area contributed by atoms with Gasteiger partial charge in [0.25, 0.3) is 0 Å². The van der Waals surface area contributed by atoms with Crippen LogP contribution in [0.1, 0.15) is 6.92 Å². The van der Waals surface area contributed by atoms with Crippen molar-refractivity contribution in [1.82, 2.24) is 0 Å². The molecule has 0 radical (unpaired) electrons. The molecule has 0 amide bonds. The summed E-state index contributed by atoms with van der Waals surface area (Å²) in [6.07, 6.45) is 0. The summed E-state index contributed by atoms with van der Waals surface area (Å²) >= 11 is 0.784. The maximum atomic E-state index is 10.9. The molecule has 0 fully saturated rings. The second-order valence-corrected chi connectivity index (χ2v) is 4.69. The number of hydrogen-bond acceptors (Lipinski definition) is 4. The summed E-state index contributed by atoms with van der Waals surface area (Å²) in [7, 11) is 0. The van der Waals surface area contributed by atoms with Crippen LogP contribution >= 0.6 is 12.0 Å². The van der Waals surface area contributed by atoms with Gasteiger partial charge in [0.2, 0.25) is 5.12 Å². The number of rotatable bonds is 3. The van der Waals surface area contributed by atoms with Gasteiger partial charge in [0, 0.05) is 6.92 Å². The van der Waals surface area contributed by atoms with Crippen molar-refractivity contribution >= 4 is 22.8 Å². The number of nitrogen functional groups attached to an aromatic ring is 1. The fraction of sp³-hybridized carbons (Fsp3) is 0.0714. The summed E-state index contributed by atoms with van der Waals surface area (Å²) in [6.45, 7) is 1.45. The number of nitrogens with two attached hydrogens (primary N) is 1. The molecule has 0 aliphatic rings. The molecule has 18 heavy (non-hydrogen) atoms. The molecule has 0 aliphatic heterocycles. The highest BCUT2D eigenvalue weighted by Gasteiger charge is 2.06. The van der Waals surface area contributed by atoms with E-state index in [1.54, 1.807) is 6.07 Å². The number of hydrogen-bond donors (Lipinski definition) is 1. The molecule has 0 saturated carbocycles. The number of carbonyl (C=O) groups excluding carboxylic acids is 1. The van der Waals surface area contributed by atoms with Crippen molar-refractivity contribution < 1.29 is 8.98 Å². The van der Waals surface area contributed by atoms with Gasteiger partial charge in [-0.15, -0.1) is 0 Å². The molecule has 4 heteroatoms. The van der Waals surface area contributed by atoms with E-state index in [9.17, 15) is 4.79 Å². The van der Waals surface area contributed by atoms with Gasteiger partial charge in [0.05, 0.1) is 5.69 Å². The fourth-order valence-electron chi connectivity index (χ4n) is 1.52. The zero-order valence-corrected chi connectivity index (χ0v) is 10.7. The Hall–Kier alpha value is -1.94. The van der Waals surface area contributed by atoms with E-state index in [-0.39, 0.29) is 5.12 Å².